The quantitative estimate of drug-likeness (QED) is 0.212. The van der Waals surface area contributed by atoms with Crippen molar-refractivity contribution in [3.63, 3.8) is 0 Å². The molecule has 2 heterocycles. The van der Waals surface area contributed by atoms with Crippen LogP contribution >= 0.6 is 34.8 Å². The Morgan fingerprint density at radius 2 is 1.17 bits per heavy atom. The second-order valence-corrected chi connectivity index (χ2v) is 11.3. The summed E-state index contributed by atoms with van der Waals surface area (Å²) < 4.78 is 43.7. The maximum Gasteiger partial charge on any atom is 0.282 e. The number of benzene rings is 3. The molecule has 0 N–H and O–H groups in total. The van der Waals surface area contributed by atoms with Crippen molar-refractivity contribution in [2.45, 2.75) is 70.3 Å². The maximum atomic E-state index is 6.52. The van der Waals surface area contributed by atoms with E-state index in [1.54, 1.807) is 6.92 Å². The number of fused-ring (bicyclic) bond motifs is 1. The van der Waals surface area contributed by atoms with E-state index in [4.69, 9.17) is 68.0 Å². The molecule has 2 saturated heterocycles. The Balaban J connectivity index is 1.37. The highest BCUT2D eigenvalue weighted by Crippen LogP contribution is 2.40. The Labute approximate surface area is 255 Å². The fourth-order valence-corrected chi connectivity index (χ4v) is 5.24. The monoisotopic (exact) mass is 622 g/mol. The molecule has 0 radical (unpaired) electrons. The summed E-state index contributed by atoms with van der Waals surface area (Å²) in [5.41, 5.74) is 2.90. The van der Waals surface area contributed by atoms with Gasteiger partial charge in [-0.15, -0.1) is 0 Å². The summed E-state index contributed by atoms with van der Waals surface area (Å²) in [6.07, 6.45) is -3.01. The molecule has 0 bridgehead atoms. The fourth-order valence-electron chi connectivity index (χ4n) is 4.86. The molecule has 0 spiro atoms. The van der Waals surface area contributed by atoms with Gasteiger partial charge in [0.2, 0.25) is 0 Å². The van der Waals surface area contributed by atoms with E-state index in [-0.39, 0.29) is 6.61 Å². The third-order valence-corrected chi connectivity index (χ3v) is 7.61. The van der Waals surface area contributed by atoms with Crippen LogP contribution in [-0.4, -0.2) is 49.9 Å². The van der Waals surface area contributed by atoms with Gasteiger partial charge in [0.1, 0.15) is 24.4 Å². The van der Waals surface area contributed by atoms with Crippen LogP contribution in [0.25, 0.3) is 0 Å². The molecule has 2 aliphatic heterocycles. The highest BCUT2D eigenvalue weighted by Gasteiger charge is 2.57. The molecular weight excluding hydrogens is 591 g/mol. The number of hydrogen-bond donors (Lipinski definition) is 0. The molecule has 3 aromatic rings. The molecule has 220 valence electrons. The van der Waals surface area contributed by atoms with Gasteiger partial charge in [-0.25, -0.2) is 0 Å². The smallest absolute Gasteiger partial charge is 0.282 e. The van der Waals surface area contributed by atoms with Gasteiger partial charge < -0.3 is 28.4 Å². The second kappa shape index (κ2) is 14.1. The first-order valence-corrected chi connectivity index (χ1v) is 14.6. The molecule has 6 atom stereocenters. The van der Waals surface area contributed by atoms with Crippen LogP contribution in [0.1, 0.15) is 30.5 Å². The second-order valence-electron chi connectivity index (χ2n) is 9.98. The molecule has 2 aliphatic rings. The molecule has 3 aromatic carbocycles. The van der Waals surface area contributed by atoms with E-state index in [1.165, 1.54) is 0 Å². The van der Waals surface area contributed by atoms with Crippen molar-refractivity contribution in [3.8, 4) is 0 Å². The van der Waals surface area contributed by atoms with Gasteiger partial charge in [0.05, 0.1) is 26.4 Å². The summed E-state index contributed by atoms with van der Waals surface area (Å²) in [6, 6.07) is 22.5. The SMILES string of the molecule is CCOC1(C)O[C@H]2O[C@H](COCc3ccc(Cl)cc3)[C@@H](OCc3ccc(Cl)cc3)[C@H](OCc3ccc(Cl)cc3)[C@H]2O1. The average molecular weight is 624 g/mol. The summed E-state index contributed by atoms with van der Waals surface area (Å²) in [5, 5.41) is 1.98. The third-order valence-electron chi connectivity index (χ3n) is 6.85. The van der Waals surface area contributed by atoms with Gasteiger partial charge in [-0.1, -0.05) is 71.2 Å². The van der Waals surface area contributed by atoms with Gasteiger partial charge >= 0.3 is 0 Å². The first-order valence-electron chi connectivity index (χ1n) is 13.5. The lowest BCUT2D eigenvalue weighted by Gasteiger charge is -2.42. The van der Waals surface area contributed by atoms with E-state index >= 15 is 0 Å². The molecule has 1 unspecified atom stereocenters. The van der Waals surface area contributed by atoms with E-state index in [2.05, 4.69) is 0 Å². The van der Waals surface area contributed by atoms with Crippen LogP contribution in [0.3, 0.4) is 0 Å². The Bertz CT molecular complexity index is 1240. The minimum atomic E-state index is -1.29. The van der Waals surface area contributed by atoms with Crippen LogP contribution < -0.4 is 0 Å². The van der Waals surface area contributed by atoms with Crippen molar-refractivity contribution >= 4 is 34.8 Å². The minimum Gasteiger partial charge on any atom is -0.374 e. The van der Waals surface area contributed by atoms with E-state index in [9.17, 15) is 0 Å². The molecule has 0 saturated carbocycles. The Morgan fingerprint density at radius 1 is 0.683 bits per heavy atom. The Morgan fingerprint density at radius 3 is 1.68 bits per heavy atom. The number of hydrogen-bond acceptors (Lipinski definition) is 7. The molecular formula is C31H33Cl3O7. The molecule has 0 aliphatic carbocycles. The van der Waals surface area contributed by atoms with Gasteiger partial charge in [-0.05, 0) is 60.0 Å². The lowest BCUT2D eigenvalue weighted by atomic mass is 9.98. The number of rotatable bonds is 12. The van der Waals surface area contributed by atoms with Crippen LogP contribution in [0.4, 0.5) is 0 Å². The highest BCUT2D eigenvalue weighted by atomic mass is 35.5. The maximum absolute atomic E-state index is 6.52. The zero-order chi connectivity index (χ0) is 28.8. The molecule has 0 amide bonds. The molecule has 0 aromatic heterocycles. The van der Waals surface area contributed by atoms with Gasteiger partial charge in [0.15, 0.2) is 6.29 Å². The van der Waals surface area contributed by atoms with Crippen LogP contribution in [0, 0.1) is 0 Å². The first kappa shape index (κ1) is 30.7. The summed E-state index contributed by atoms with van der Waals surface area (Å²) >= 11 is 18.2. The van der Waals surface area contributed by atoms with Crippen molar-refractivity contribution in [3.05, 3.63) is 105 Å². The summed E-state index contributed by atoms with van der Waals surface area (Å²) in [5.74, 6) is -1.29. The lowest BCUT2D eigenvalue weighted by molar-refractivity contribution is -0.343. The molecule has 10 heteroatoms. The van der Waals surface area contributed by atoms with Gasteiger partial charge in [0.25, 0.3) is 5.97 Å². The molecule has 2 fully saturated rings. The fraction of sp³-hybridized carbons (Fsp3) is 0.419. The number of halogens is 3. The topological polar surface area (TPSA) is 64.6 Å². The summed E-state index contributed by atoms with van der Waals surface area (Å²) in [7, 11) is 0. The van der Waals surface area contributed by atoms with Crippen molar-refractivity contribution < 1.29 is 33.2 Å². The van der Waals surface area contributed by atoms with Gasteiger partial charge in [-0.3, -0.25) is 4.74 Å². The zero-order valence-electron chi connectivity index (χ0n) is 22.8. The third kappa shape index (κ3) is 8.21. The van der Waals surface area contributed by atoms with Crippen LogP contribution in [0.5, 0.6) is 0 Å². The summed E-state index contributed by atoms with van der Waals surface area (Å²) in [4.78, 5) is 0. The first-order chi connectivity index (χ1) is 19.8. The van der Waals surface area contributed by atoms with Crippen molar-refractivity contribution in [2.24, 2.45) is 0 Å². The minimum absolute atomic E-state index is 0.229. The molecule has 5 rings (SSSR count). The normalized spacial score (nSPS) is 27.6. The van der Waals surface area contributed by atoms with Gasteiger partial charge in [0, 0.05) is 28.6 Å². The predicted molar refractivity (Wildman–Crippen MR) is 156 cm³/mol. The highest BCUT2D eigenvalue weighted by molar-refractivity contribution is 6.31. The van der Waals surface area contributed by atoms with E-state index in [0.29, 0.717) is 41.5 Å². The molecule has 41 heavy (non-hydrogen) atoms. The standard InChI is InChI=1S/C31H33Cl3O7/c1-3-38-31(2)40-29-28(37-18-22-8-14-25(34)15-9-22)27(36-17-21-6-12-24(33)13-7-21)26(39-30(29)41-31)19-35-16-20-4-10-23(32)11-5-20/h4-15,26-30H,3,16-19H2,1-2H3/t26-,27-,28+,29-,30-,31?/m1/s1. The van der Waals surface area contributed by atoms with Crippen LogP contribution in [-0.2, 0) is 53.0 Å². The zero-order valence-corrected chi connectivity index (χ0v) is 25.1. The summed E-state index contributed by atoms with van der Waals surface area (Å²) in [6.45, 7) is 5.22. The van der Waals surface area contributed by atoms with Crippen LogP contribution in [0.2, 0.25) is 15.1 Å². The van der Waals surface area contributed by atoms with Crippen molar-refractivity contribution in [1.29, 1.82) is 0 Å². The number of ether oxygens (including phenoxy) is 7. The van der Waals surface area contributed by atoms with Crippen LogP contribution in [0.15, 0.2) is 72.8 Å². The lowest BCUT2D eigenvalue weighted by Crippen LogP contribution is -2.59. The predicted octanol–water partition coefficient (Wildman–Crippen LogP) is 7.18. The van der Waals surface area contributed by atoms with Crippen molar-refractivity contribution in [1.82, 2.24) is 0 Å². The van der Waals surface area contributed by atoms with E-state index < -0.39 is 36.7 Å². The molecule has 7 nitrogen and oxygen atoms in total. The van der Waals surface area contributed by atoms with E-state index in [1.807, 2.05) is 79.7 Å². The average Bonchev–Trinajstić information content (AvgIpc) is 3.29. The van der Waals surface area contributed by atoms with Gasteiger partial charge in [-0.2, -0.15) is 0 Å². The largest absolute Gasteiger partial charge is 0.374 e. The Kier molecular flexibility index (Phi) is 10.6. The van der Waals surface area contributed by atoms with Crippen molar-refractivity contribution in [2.75, 3.05) is 13.2 Å². The van der Waals surface area contributed by atoms with E-state index in [0.717, 1.165) is 16.7 Å². The Hall–Kier alpha value is -1.75.